The van der Waals surface area contributed by atoms with Crippen LogP contribution in [0.2, 0.25) is 0 Å². The highest BCUT2D eigenvalue weighted by atomic mass is 15.1. The molecule has 8 aromatic carbocycles. The van der Waals surface area contributed by atoms with Crippen LogP contribution >= 0.6 is 0 Å². The molecule has 0 N–H and O–H groups in total. The first-order valence-corrected chi connectivity index (χ1v) is 18.1. The molecule has 52 heavy (non-hydrogen) atoms. The van der Waals surface area contributed by atoms with E-state index >= 15 is 0 Å². The molecule has 1 aliphatic rings. The molecule has 0 heterocycles. The lowest BCUT2D eigenvalue weighted by Gasteiger charge is -2.29. The van der Waals surface area contributed by atoms with E-state index in [4.69, 9.17) is 0 Å². The topological polar surface area (TPSA) is 3.24 Å². The molecular formula is C51H39N. The van der Waals surface area contributed by atoms with Crippen LogP contribution in [0, 0.1) is 0 Å². The van der Waals surface area contributed by atoms with E-state index in [1.54, 1.807) is 0 Å². The van der Waals surface area contributed by atoms with Crippen LogP contribution in [0.25, 0.3) is 55.6 Å². The van der Waals surface area contributed by atoms with Gasteiger partial charge in [-0.25, -0.2) is 0 Å². The lowest BCUT2D eigenvalue weighted by molar-refractivity contribution is 0.660. The Labute approximate surface area is 307 Å². The maximum absolute atomic E-state index is 2.42. The van der Waals surface area contributed by atoms with Crippen LogP contribution in [0.15, 0.2) is 200 Å². The van der Waals surface area contributed by atoms with Crippen molar-refractivity contribution < 1.29 is 0 Å². The number of benzene rings is 8. The zero-order valence-electron chi connectivity index (χ0n) is 29.5. The van der Waals surface area contributed by atoms with Gasteiger partial charge < -0.3 is 4.90 Å². The molecule has 1 nitrogen and oxygen atoms in total. The first-order chi connectivity index (χ1) is 25.5. The van der Waals surface area contributed by atoms with Crippen LogP contribution in [0.5, 0.6) is 0 Å². The van der Waals surface area contributed by atoms with Gasteiger partial charge in [-0.15, -0.1) is 0 Å². The Balaban J connectivity index is 1.19. The SMILES string of the molecule is CC1(C)c2ccccc2-c2ccc(N(c3ccc(-c4cccc(-c5ccccc5)c4)cc3)c3ccc(-c4ccccc4)c(-c4ccccc4)c3)cc21. The van der Waals surface area contributed by atoms with Crippen LogP contribution < -0.4 is 4.90 Å². The lowest BCUT2D eigenvalue weighted by atomic mass is 9.82. The van der Waals surface area contributed by atoms with E-state index in [0.717, 1.165) is 17.1 Å². The van der Waals surface area contributed by atoms with Gasteiger partial charge in [-0.2, -0.15) is 0 Å². The normalized spacial score (nSPS) is 12.6. The summed E-state index contributed by atoms with van der Waals surface area (Å²) in [4.78, 5) is 2.42. The molecule has 0 radical (unpaired) electrons. The van der Waals surface area contributed by atoms with Gasteiger partial charge >= 0.3 is 0 Å². The highest BCUT2D eigenvalue weighted by Gasteiger charge is 2.35. The molecule has 8 aromatic rings. The second-order valence-electron chi connectivity index (χ2n) is 14.2. The van der Waals surface area contributed by atoms with E-state index in [-0.39, 0.29) is 5.41 Å². The fourth-order valence-electron chi connectivity index (χ4n) is 7.99. The van der Waals surface area contributed by atoms with E-state index in [1.807, 2.05) is 0 Å². The molecule has 0 atom stereocenters. The van der Waals surface area contributed by atoms with Crippen molar-refractivity contribution in [1.82, 2.24) is 0 Å². The molecule has 0 saturated carbocycles. The Morgan fingerprint density at radius 1 is 0.288 bits per heavy atom. The van der Waals surface area contributed by atoms with Crippen molar-refractivity contribution in [3.05, 3.63) is 211 Å². The summed E-state index contributed by atoms with van der Waals surface area (Å²) in [6.45, 7) is 4.71. The van der Waals surface area contributed by atoms with Crippen molar-refractivity contribution in [2.75, 3.05) is 4.90 Å². The van der Waals surface area contributed by atoms with Crippen molar-refractivity contribution in [3.63, 3.8) is 0 Å². The molecular weight excluding hydrogens is 627 g/mol. The van der Waals surface area contributed by atoms with Gasteiger partial charge in [-0.3, -0.25) is 0 Å². The van der Waals surface area contributed by atoms with Crippen LogP contribution in [0.4, 0.5) is 17.1 Å². The fourth-order valence-corrected chi connectivity index (χ4v) is 7.99. The van der Waals surface area contributed by atoms with Gasteiger partial charge in [0, 0.05) is 22.5 Å². The van der Waals surface area contributed by atoms with Gasteiger partial charge in [0.2, 0.25) is 0 Å². The maximum Gasteiger partial charge on any atom is 0.0468 e. The average molecular weight is 666 g/mol. The molecule has 0 aliphatic heterocycles. The molecule has 1 aliphatic carbocycles. The van der Waals surface area contributed by atoms with Crippen LogP contribution in [-0.4, -0.2) is 0 Å². The molecule has 0 fully saturated rings. The van der Waals surface area contributed by atoms with Crippen LogP contribution in [0.3, 0.4) is 0 Å². The minimum Gasteiger partial charge on any atom is -0.310 e. The number of nitrogens with zero attached hydrogens (tertiary/aromatic N) is 1. The predicted octanol–water partition coefficient (Wildman–Crippen LogP) is 14.1. The van der Waals surface area contributed by atoms with Gasteiger partial charge in [0.15, 0.2) is 0 Å². The number of rotatable bonds is 7. The number of hydrogen-bond acceptors (Lipinski definition) is 1. The first-order valence-electron chi connectivity index (χ1n) is 18.1. The summed E-state index contributed by atoms with van der Waals surface area (Å²) in [5.41, 5.74) is 18.3. The summed E-state index contributed by atoms with van der Waals surface area (Å²) >= 11 is 0. The van der Waals surface area contributed by atoms with Crippen molar-refractivity contribution in [2.24, 2.45) is 0 Å². The molecule has 0 unspecified atom stereocenters. The fraction of sp³-hybridized carbons (Fsp3) is 0.0588. The third-order valence-electron chi connectivity index (χ3n) is 10.7. The van der Waals surface area contributed by atoms with E-state index in [9.17, 15) is 0 Å². The highest BCUT2D eigenvalue weighted by molar-refractivity contribution is 5.90. The molecule has 1 heteroatoms. The largest absolute Gasteiger partial charge is 0.310 e. The predicted molar refractivity (Wildman–Crippen MR) is 220 cm³/mol. The van der Waals surface area contributed by atoms with E-state index in [2.05, 4.69) is 219 Å². The quantitative estimate of drug-likeness (QED) is 0.164. The van der Waals surface area contributed by atoms with Crippen molar-refractivity contribution in [2.45, 2.75) is 19.3 Å². The first kappa shape index (κ1) is 31.5. The minimum atomic E-state index is -0.104. The Morgan fingerprint density at radius 2 is 0.750 bits per heavy atom. The maximum atomic E-state index is 2.42. The highest BCUT2D eigenvalue weighted by Crippen LogP contribution is 2.51. The minimum absolute atomic E-state index is 0.104. The lowest BCUT2D eigenvalue weighted by Crippen LogP contribution is -2.16. The molecule has 0 aromatic heterocycles. The number of fused-ring (bicyclic) bond motifs is 3. The second kappa shape index (κ2) is 13.0. The zero-order valence-corrected chi connectivity index (χ0v) is 29.5. The van der Waals surface area contributed by atoms with Crippen LogP contribution in [0.1, 0.15) is 25.0 Å². The second-order valence-corrected chi connectivity index (χ2v) is 14.2. The van der Waals surface area contributed by atoms with Crippen molar-refractivity contribution >= 4 is 17.1 Å². The third kappa shape index (κ3) is 5.61. The van der Waals surface area contributed by atoms with E-state index < -0.39 is 0 Å². The molecule has 248 valence electrons. The molecule has 0 amide bonds. The summed E-state index contributed by atoms with van der Waals surface area (Å²) in [5, 5.41) is 0. The summed E-state index contributed by atoms with van der Waals surface area (Å²) in [5.74, 6) is 0. The number of anilines is 3. The molecule has 9 rings (SSSR count). The summed E-state index contributed by atoms with van der Waals surface area (Å²) in [6.07, 6.45) is 0. The van der Waals surface area contributed by atoms with Gasteiger partial charge in [0.1, 0.15) is 0 Å². The Morgan fingerprint density at radius 3 is 1.40 bits per heavy atom. The molecule has 0 bridgehead atoms. The Kier molecular flexibility index (Phi) is 7.90. The third-order valence-corrected chi connectivity index (χ3v) is 10.7. The Bertz CT molecular complexity index is 2510. The Hall–Kier alpha value is -6.44. The molecule has 0 saturated heterocycles. The van der Waals surface area contributed by atoms with Crippen LogP contribution in [-0.2, 0) is 5.41 Å². The van der Waals surface area contributed by atoms with E-state index in [0.29, 0.717) is 0 Å². The summed E-state index contributed by atoms with van der Waals surface area (Å²) < 4.78 is 0. The molecule has 0 spiro atoms. The standard InChI is InChI=1S/C51H39N/c1-51(2)49-24-13-12-23-46(49)47-32-30-44(35-50(47)51)52(42-27-25-37(26-28-42)41-22-14-21-40(33-41)36-15-6-3-7-16-36)43-29-31-45(38-17-8-4-9-18-38)48(34-43)39-19-10-5-11-20-39/h3-35H,1-2H3. The zero-order chi connectivity index (χ0) is 35.1. The number of hydrogen-bond donors (Lipinski definition) is 0. The van der Waals surface area contributed by atoms with Gasteiger partial charge in [-0.1, -0.05) is 172 Å². The van der Waals surface area contributed by atoms with Crippen molar-refractivity contribution in [1.29, 1.82) is 0 Å². The van der Waals surface area contributed by atoms with E-state index in [1.165, 1.54) is 66.8 Å². The summed E-state index contributed by atoms with van der Waals surface area (Å²) in [7, 11) is 0. The van der Waals surface area contributed by atoms with Gasteiger partial charge in [0.05, 0.1) is 0 Å². The smallest absolute Gasteiger partial charge is 0.0468 e. The summed E-state index contributed by atoms with van der Waals surface area (Å²) in [6, 6.07) is 72.8. The van der Waals surface area contributed by atoms with Gasteiger partial charge in [-0.05, 0) is 109 Å². The van der Waals surface area contributed by atoms with Crippen molar-refractivity contribution in [3.8, 4) is 55.6 Å². The average Bonchev–Trinajstić information content (AvgIpc) is 3.44. The monoisotopic (exact) mass is 665 g/mol. The van der Waals surface area contributed by atoms with Gasteiger partial charge in [0.25, 0.3) is 0 Å².